The molecule has 0 saturated carbocycles. The fraction of sp³-hybridized carbons (Fsp3) is 0.0909. The van der Waals surface area contributed by atoms with E-state index in [0.29, 0.717) is 30.0 Å². The Balaban J connectivity index is 1.47. The molecule has 3 aromatic rings. The largest absolute Gasteiger partial charge is 0.457 e. The Morgan fingerprint density at radius 3 is 2.30 bits per heavy atom. The molecular weight excluding hydrogens is 338 g/mol. The van der Waals surface area contributed by atoms with Gasteiger partial charge in [0.2, 0.25) is 5.91 Å². The van der Waals surface area contributed by atoms with Gasteiger partial charge in [-0.3, -0.25) is 4.79 Å². The van der Waals surface area contributed by atoms with Gasteiger partial charge in [0.1, 0.15) is 17.6 Å². The number of para-hydroxylation sites is 2. The minimum absolute atomic E-state index is 0.103. The van der Waals surface area contributed by atoms with Crippen LogP contribution in [0, 0.1) is 11.3 Å². The SMILES string of the molecule is N#Cc1ccccc1NCCC(=O)Nc1ccc(Oc2ccccc2)cc1. The molecule has 0 aliphatic carbocycles. The van der Waals surface area contributed by atoms with Crippen molar-refractivity contribution in [3.05, 3.63) is 84.4 Å². The van der Waals surface area contributed by atoms with E-state index >= 15 is 0 Å². The summed E-state index contributed by atoms with van der Waals surface area (Å²) in [6, 6.07) is 26.1. The van der Waals surface area contributed by atoms with E-state index in [4.69, 9.17) is 10.00 Å². The zero-order valence-corrected chi connectivity index (χ0v) is 14.7. The van der Waals surface area contributed by atoms with E-state index in [0.717, 1.165) is 11.4 Å². The normalized spacial score (nSPS) is 9.89. The Hall–Kier alpha value is -3.78. The standard InChI is InChI=1S/C22H19N3O2/c23-16-17-6-4-5-9-21(17)24-15-14-22(26)25-18-10-12-20(13-11-18)27-19-7-2-1-3-8-19/h1-13,24H,14-15H2,(H,25,26). The molecule has 0 aromatic heterocycles. The summed E-state index contributed by atoms with van der Waals surface area (Å²) < 4.78 is 5.72. The minimum atomic E-state index is -0.103. The van der Waals surface area contributed by atoms with Crippen molar-refractivity contribution in [2.75, 3.05) is 17.2 Å². The van der Waals surface area contributed by atoms with Crippen LogP contribution in [-0.4, -0.2) is 12.5 Å². The lowest BCUT2D eigenvalue weighted by atomic mass is 10.2. The number of rotatable bonds is 7. The number of nitrogens with one attached hydrogen (secondary N) is 2. The average Bonchev–Trinajstić information content (AvgIpc) is 2.71. The van der Waals surface area contributed by atoms with Crippen LogP contribution in [0.4, 0.5) is 11.4 Å². The molecule has 2 N–H and O–H groups in total. The molecule has 0 bridgehead atoms. The maximum atomic E-state index is 12.1. The highest BCUT2D eigenvalue weighted by atomic mass is 16.5. The second-order valence-corrected chi connectivity index (χ2v) is 5.82. The van der Waals surface area contributed by atoms with Gasteiger partial charge in [0.15, 0.2) is 0 Å². The Bertz CT molecular complexity index is 932. The van der Waals surface area contributed by atoms with E-state index in [1.807, 2.05) is 60.7 Å². The number of nitriles is 1. The van der Waals surface area contributed by atoms with E-state index in [-0.39, 0.29) is 5.91 Å². The first-order valence-electron chi connectivity index (χ1n) is 8.60. The highest BCUT2D eigenvalue weighted by molar-refractivity contribution is 5.91. The van der Waals surface area contributed by atoms with E-state index in [2.05, 4.69) is 16.7 Å². The number of benzene rings is 3. The number of carbonyl (C=O) groups excluding carboxylic acids is 1. The van der Waals surface area contributed by atoms with Crippen LogP contribution in [0.15, 0.2) is 78.9 Å². The summed E-state index contributed by atoms with van der Waals surface area (Å²) in [6.07, 6.45) is 0.294. The second-order valence-electron chi connectivity index (χ2n) is 5.82. The van der Waals surface area contributed by atoms with Crippen molar-refractivity contribution in [3.63, 3.8) is 0 Å². The lowest BCUT2D eigenvalue weighted by Gasteiger charge is -2.09. The van der Waals surface area contributed by atoms with E-state index in [9.17, 15) is 4.79 Å². The van der Waals surface area contributed by atoms with Crippen molar-refractivity contribution < 1.29 is 9.53 Å². The van der Waals surface area contributed by atoms with Crippen LogP contribution in [0.1, 0.15) is 12.0 Å². The summed E-state index contributed by atoms with van der Waals surface area (Å²) in [6.45, 7) is 0.444. The molecule has 0 radical (unpaired) electrons. The third-order valence-electron chi connectivity index (χ3n) is 3.83. The first kappa shape index (κ1) is 18.0. The average molecular weight is 357 g/mol. The first-order valence-corrected chi connectivity index (χ1v) is 8.60. The van der Waals surface area contributed by atoms with Gasteiger partial charge >= 0.3 is 0 Å². The maximum Gasteiger partial charge on any atom is 0.226 e. The van der Waals surface area contributed by atoms with Crippen LogP contribution in [0.25, 0.3) is 0 Å². The predicted molar refractivity (Wildman–Crippen MR) is 106 cm³/mol. The molecule has 3 rings (SSSR count). The molecule has 0 atom stereocenters. The summed E-state index contributed by atoms with van der Waals surface area (Å²) in [7, 11) is 0. The molecule has 27 heavy (non-hydrogen) atoms. The molecule has 134 valence electrons. The van der Waals surface area contributed by atoms with E-state index < -0.39 is 0 Å². The molecule has 0 saturated heterocycles. The van der Waals surface area contributed by atoms with Crippen molar-refractivity contribution in [3.8, 4) is 17.6 Å². The number of amides is 1. The fourth-order valence-corrected chi connectivity index (χ4v) is 2.50. The van der Waals surface area contributed by atoms with Gasteiger partial charge in [-0.15, -0.1) is 0 Å². The molecule has 1 amide bonds. The van der Waals surface area contributed by atoms with E-state index in [1.165, 1.54) is 0 Å². The lowest BCUT2D eigenvalue weighted by molar-refractivity contribution is -0.115. The van der Waals surface area contributed by atoms with Gasteiger partial charge in [0.05, 0.1) is 11.3 Å². The van der Waals surface area contributed by atoms with Gasteiger partial charge < -0.3 is 15.4 Å². The molecule has 0 spiro atoms. The summed E-state index contributed by atoms with van der Waals surface area (Å²) in [5.41, 5.74) is 2.00. The van der Waals surface area contributed by atoms with Crippen LogP contribution in [-0.2, 0) is 4.79 Å². The van der Waals surface area contributed by atoms with Gasteiger partial charge in [-0.1, -0.05) is 30.3 Å². The van der Waals surface area contributed by atoms with Crippen LogP contribution < -0.4 is 15.4 Å². The molecule has 5 heteroatoms. The third kappa shape index (κ3) is 5.35. The molecule has 5 nitrogen and oxygen atoms in total. The van der Waals surface area contributed by atoms with Gasteiger partial charge in [0.25, 0.3) is 0 Å². The number of ether oxygens (including phenoxy) is 1. The Morgan fingerprint density at radius 1 is 0.889 bits per heavy atom. The van der Waals surface area contributed by atoms with Crippen LogP contribution in [0.2, 0.25) is 0 Å². The van der Waals surface area contributed by atoms with Gasteiger partial charge in [0, 0.05) is 18.7 Å². The maximum absolute atomic E-state index is 12.1. The van der Waals surface area contributed by atoms with Crippen molar-refractivity contribution in [2.24, 2.45) is 0 Å². The Kier molecular flexibility index (Phi) is 6.05. The number of nitrogens with zero attached hydrogens (tertiary/aromatic N) is 1. The topological polar surface area (TPSA) is 74.2 Å². The zero-order chi connectivity index (χ0) is 18.9. The summed E-state index contributed by atoms with van der Waals surface area (Å²) in [5.74, 6) is 1.36. The Labute approximate surface area is 158 Å². The molecular formula is C22H19N3O2. The Morgan fingerprint density at radius 2 is 1.56 bits per heavy atom. The number of hydrogen-bond acceptors (Lipinski definition) is 4. The lowest BCUT2D eigenvalue weighted by Crippen LogP contribution is -2.16. The highest BCUT2D eigenvalue weighted by Crippen LogP contribution is 2.22. The quantitative estimate of drug-likeness (QED) is 0.637. The van der Waals surface area contributed by atoms with Crippen molar-refractivity contribution in [2.45, 2.75) is 6.42 Å². The summed E-state index contributed by atoms with van der Waals surface area (Å²) in [4.78, 5) is 12.1. The van der Waals surface area contributed by atoms with Crippen LogP contribution in [0.5, 0.6) is 11.5 Å². The molecule has 0 aliphatic rings. The van der Waals surface area contributed by atoms with E-state index in [1.54, 1.807) is 18.2 Å². The van der Waals surface area contributed by atoms with Crippen molar-refractivity contribution >= 4 is 17.3 Å². The summed E-state index contributed by atoms with van der Waals surface area (Å²) >= 11 is 0. The molecule has 0 unspecified atom stereocenters. The van der Waals surface area contributed by atoms with Gasteiger partial charge in [-0.05, 0) is 48.5 Å². The van der Waals surface area contributed by atoms with Crippen molar-refractivity contribution in [1.82, 2.24) is 0 Å². The number of carbonyl (C=O) groups is 1. The predicted octanol–water partition coefficient (Wildman–Crippen LogP) is 4.79. The third-order valence-corrected chi connectivity index (χ3v) is 3.83. The fourth-order valence-electron chi connectivity index (χ4n) is 2.50. The zero-order valence-electron chi connectivity index (χ0n) is 14.7. The second kappa shape index (κ2) is 9.07. The summed E-state index contributed by atoms with van der Waals surface area (Å²) in [5, 5.41) is 15.0. The molecule has 3 aromatic carbocycles. The minimum Gasteiger partial charge on any atom is -0.457 e. The monoisotopic (exact) mass is 357 g/mol. The number of anilines is 2. The van der Waals surface area contributed by atoms with Crippen LogP contribution >= 0.6 is 0 Å². The van der Waals surface area contributed by atoms with Gasteiger partial charge in [-0.25, -0.2) is 0 Å². The van der Waals surface area contributed by atoms with Crippen LogP contribution in [0.3, 0.4) is 0 Å². The van der Waals surface area contributed by atoms with Gasteiger partial charge in [-0.2, -0.15) is 5.26 Å². The molecule has 0 fully saturated rings. The molecule has 0 heterocycles. The smallest absolute Gasteiger partial charge is 0.226 e. The number of hydrogen-bond donors (Lipinski definition) is 2. The first-order chi connectivity index (χ1) is 13.2. The van der Waals surface area contributed by atoms with Crippen molar-refractivity contribution in [1.29, 1.82) is 5.26 Å². The highest BCUT2D eigenvalue weighted by Gasteiger charge is 2.05. The molecule has 0 aliphatic heterocycles.